The Balaban J connectivity index is 1.73. The van der Waals surface area contributed by atoms with Crippen molar-refractivity contribution in [2.75, 3.05) is 30.8 Å². The van der Waals surface area contributed by atoms with Gasteiger partial charge in [-0.2, -0.15) is 0 Å². The SMILES string of the molecule is COc1ccc(C)cc1N([C@H](C)C(=O)NCc1cccc(CN2CCCC2)c1)S(C)(=O)=O. The number of benzene rings is 2. The fourth-order valence-electron chi connectivity index (χ4n) is 4.13. The molecule has 1 aliphatic heterocycles. The lowest BCUT2D eigenvalue weighted by Crippen LogP contribution is -2.47. The van der Waals surface area contributed by atoms with Gasteiger partial charge in [-0.05, 0) is 68.6 Å². The molecule has 3 rings (SSSR count). The number of aryl methyl sites for hydroxylation is 1. The predicted octanol–water partition coefficient (Wildman–Crippen LogP) is 3.07. The van der Waals surface area contributed by atoms with Crippen LogP contribution >= 0.6 is 0 Å². The highest BCUT2D eigenvalue weighted by molar-refractivity contribution is 7.92. The number of ether oxygens (including phenoxy) is 1. The molecule has 1 aliphatic rings. The molecule has 1 N–H and O–H groups in total. The quantitative estimate of drug-likeness (QED) is 0.624. The van der Waals surface area contributed by atoms with E-state index in [0.29, 0.717) is 18.0 Å². The van der Waals surface area contributed by atoms with Crippen LogP contribution < -0.4 is 14.4 Å². The second-order valence-corrected chi connectivity index (χ2v) is 10.3. The van der Waals surface area contributed by atoms with E-state index in [0.717, 1.165) is 41.3 Å². The average Bonchev–Trinajstić information content (AvgIpc) is 3.24. The first-order valence-electron chi connectivity index (χ1n) is 10.9. The highest BCUT2D eigenvalue weighted by Crippen LogP contribution is 2.32. The van der Waals surface area contributed by atoms with Crippen molar-refractivity contribution in [1.82, 2.24) is 10.2 Å². The van der Waals surface area contributed by atoms with Gasteiger partial charge in [-0.1, -0.05) is 30.3 Å². The van der Waals surface area contributed by atoms with Gasteiger partial charge in [-0.25, -0.2) is 8.42 Å². The summed E-state index contributed by atoms with van der Waals surface area (Å²) >= 11 is 0. The normalized spacial score (nSPS) is 15.4. The van der Waals surface area contributed by atoms with Crippen molar-refractivity contribution < 1.29 is 17.9 Å². The molecule has 0 spiro atoms. The number of hydrogen-bond acceptors (Lipinski definition) is 5. The molecule has 1 amide bonds. The average molecular weight is 460 g/mol. The number of nitrogens with one attached hydrogen (secondary N) is 1. The van der Waals surface area contributed by atoms with Gasteiger partial charge in [0.05, 0.1) is 19.1 Å². The molecule has 0 unspecified atom stereocenters. The number of amides is 1. The number of likely N-dealkylation sites (tertiary alicyclic amines) is 1. The summed E-state index contributed by atoms with van der Waals surface area (Å²) in [4.78, 5) is 15.4. The molecule has 0 saturated carbocycles. The number of anilines is 1. The zero-order valence-electron chi connectivity index (χ0n) is 19.3. The van der Waals surface area contributed by atoms with Gasteiger partial charge in [0.25, 0.3) is 0 Å². The van der Waals surface area contributed by atoms with Crippen molar-refractivity contribution in [2.45, 2.75) is 45.8 Å². The standard InChI is InChI=1S/C24H33N3O4S/c1-18-10-11-23(31-3)22(14-18)27(32(4,29)30)19(2)24(28)25-16-20-8-7-9-21(15-20)17-26-12-5-6-13-26/h7-11,14-15,19H,5-6,12-13,16-17H2,1-4H3,(H,25,28)/t19-/m1/s1. The fraction of sp³-hybridized carbons (Fsp3) is 0.458. The maximum atomic E-state index is 13.0. The van der Waals surface area contributed by atoms with E-state index in [9.17, 15) is 13.2 Å². The molecule has 7 nitrogen and oxygen atoms in total. The van der Waals surface area contributed by atoms with E-state index in [-0.39, 0.29) is 5.91 Å². The van der Waals surface area contributed by atoms with Gasteiger partial charge < -0.3 is 10.1 Å². The van der Waals surface area contributed by atoms with Crippen LogP contribution in [-0.2, 0) is 27.9 Å². The van der Waals surface area contributed by atoms with Crippen molar-refractivity contribution >= 4 is 21.6 Å². The second-order valence-electron chi connectivity index (χ2n) is 8.43. The molecule has 8 heteroatoms. The highest BCUT2D eigenvalue weighted by atomic mass is 32.2. The molecule has 32 heavy (non-hydrogen) atoms. The fourth-order valence-corrected chi connectivity index (χ4v) is 5.30. The van der Waals surface area contributed by atoms with Crippen LogP contribution in [-0.4, -0.2) is 51.7 Å². The van der Waals surface area contributed by atoms with Crippen LogP contribution in [0.4, 0.5) is 5.69 Å². The summed E-state index contributed by atoms with van der Waals surface area (Å²) in [6, 6.07) is 12.5. The topological polar surface area (TPSA) is 79.0 Å². The molecule has 0 aliphatic carbocycles. The van der Waals surface area contributed by atoms with Crippen LogP contribution in [0.1, 0.15) is 36.5 Å². The van der Waals surface area contributed by atoms with Crippen LogP contribution in [0.25, 0.3) is 0 Å². The van der Waals surface area contributed by atoms with Crippen LogP contribution in [0.15, 0.2) is 42.5 Å². The molecule has 1 fully saturated rings. The molecule has 1 saturated heterocycles. The smallest absolute Gasteiger partial charge is 0.243 e. The van der Waals surface area contributed by atoms with E-state index in [4.69, 9.17) is 4.74 Å². The maximum absolute atomic E-state index is 13.0. The van der Waals surface area contributed by atoms with Crippen molar-refractivity contribution in [3.05, 3.63) is 59.2 Å². The monoisotopic (exact) mass is 459 g/mol. The largest absolute Gasteiger partial charge is 0.495 e. The maximum Gasteiger partial charge on any atom is 0.243 e. The Labute approximate surface area is 191 Å². The summed E-state index contributed by atoms with van der Waals surface area (Å²) in [5.41, 5.74) is 3.43. The summed E-state index contributed by atoms with van der Waals surface area (Å²) in [5.74, 6) is 0.0271. The minimum absolute atomic E-state index is 0.333. The van der Waals surface area contributed by atoms with Gasteiger partial charge in [0, 0.05) is 13.1 Å². The van der Waals surface area contributed by atoms with Gasteiger partial charge >= 0.3 is 0 Å². The summed E-state index contributed by atoms with van der Waals surface area (Å²) in [5, 5.41) is 2.89. The molecule has 1 heterocycles. The van der Waals surface area contributed by atoms with E-state index in [1.165, 1.54) is 25.5 Å². The van der Waals surface area contributed by atoms with E-state index in [1.807, 2.05) is 25.1 Å². The number of rotatable bonds is 9. The minimum atomic E-state index is -3.73. The lowest BCUT2D eigenvalue weighted by atomic mass is 10.1. The first kappa shape index (κ1) is 24.1. The molecule has 2 aromatic carbocycles. The lowest BCUT2D eigenvalue weighted by molar-refractivity contribution is -0.122. The third kappa shape index (κ3) is 6.01. The number of hydrogen-bond donors (Lipinski definition) is 1. The Morgan fingerprint density at radius 3 is 2.50 bits per heavy atom. The summed E-state index contributed by atoms with van der Waals surface area (Å²) in [7, 11) is -2.25. The Hall–Kier alpha value is -2.58. The number of carbonyl (C=O) groups is 1. The molecule has 0 radical (unpaired) electrons. The van der Waals surface area contributed by atoms with Gasteiger partial charge in [-0.15, -0.1) is 0 Å². The highest BCUT2D eigenvalue weighted by Gasteiger charge is 2.31. The first-order chi connectivity index (χ1) is 15.2. The lowest BCUT2D eigenvalue weighted by Gasteiger charge is -2.29. The summed E-state index contributed by atoms with van der Waals surface area (Å²) in [6.07, 6.45) is 3.59. The van der Waals surface area contributed by atoms with Crippen LogP contribution in [0.2, 0.25) is 0 Å². The molecule has 1 atom stereocenters. The number of sulfonamides is 1. The minimum Gasteiger partial charge on any atom is -0.495 e. The van der Waals surface area contributed by atoms with Gasteiger partial charge in [-0.3, -0.25) is 14.0 Å². The molecule has 0 aromatic heterocycles. The molecular weight excluding hydrogens is 426 g/mol. The third-order valence-electron chi connectivity index (χ3n) is 5.72. The molecule has 0 bridgehead atoms. The zero-order chi connectivity index (χ0) is 23.3. The zero-order valence-corrected chi connectivity index (χ0v) is 20.1. The van der Waals surface area contributed by atoms with Gasteiger partial charge in [0.2, 0.25) is 15.9 Å². The van der Waals surface area contributed by atoms with Crippen LogP contribution in [0.5, 0.6) is 5.75 Å². The number of carbonyl (C=O) groups excluding carboxylic acids is 1. The molecular formula is C24H33N3O4S. The Kier molecular flexibility index (Phi) is 7.79. The van der Waals surface area contributed by atoms with Crippen molar-refractivity contribution in [3.63, 3.8) is 0 Å². The Morgan fingerprint density at radius 1 is 1.16 bits per heavy atom. The predicted molar refractivity (Wildman–Crippen MR) is 127 cm³/mol. The van der Waals surface area contributed by atoms with Gasteiger partial charge in [0.1, 0.15) is 11.8 Å². The number of nitrogens with zero attached hydrogens (tertiary/aromatic N) is 2. The van der Waals surface area contributed by atoms with E-state index < -0.39 is 16.1 Å². The van der Waals surface area contributed by atoms with E-state index in [1.54, 1.807) is 19.1 Å². The van der Waals surface area contributed by atoms with Crippen LogP contribution in [0.3, 0.4) is 0 Å². The van der Waals surface area contributed by atoms with Crippen molar-refractivity contribution in [1.29, 1.82) is 0 Å². The Bertz CT molecular complexity index is 1050. The Morgan fingerprint density at radius 2 is 1.84 bits per heavy atom. The van der Waals surface area contributed by atoms with E-state index in [2.05, 4.69) is 22.3 Å². The number of methoxy groups -OCH3 is 1. The van der Waals surface area contributed by atoms with Crippen molar-refractivity contribution in [3.8, 4) is 5.75 Å². The third-order valence-corrected chi connectivity index (χ3v) is 6.95. The second kappa shape index (κ2) is 10.4. The molecule has 174 valence electrons. The molecule has 2 aromatic rings. The van der Waals surface area contributed by atoms with E-state index >= 15 is 0 Å². The van der Waals surface area contributed by atoms with Crippen molar-refractivity contribution in [2.24, 2.45) is 0 Å². The first-order valence-corrected chi connectivity index (χ1v) is 12.8. The summed E-state index contributed by atoms with van der Waals surface area (Å²) < 4.78 is 31.7. The summed E-state index contributed by atoms with van der Waals surface area (Å²) in [6.45, 7) is 6.95. The van der Waals surface area contributed by atoms with Gasteiger partial charge in [0.15, 0.2) is 0 Å². The van der Waals surface area contributed by atoms with Crippen LogP contribution in [0, 0.1) is 6.92 Å².